The number of carbonyl (C=O) groups excluding carboxylic acids is 2. The molecule has 1 aliphatic heterocycles. The predicted molar refractivity (Wildman–Crippen MR) is 222 cm³/mol. The van der Waals surface area contributed by atoms with Gasteiger partial charge in [-0.15, -0.1) is 24.8 Å². The number of nitrogens with zero attached hydrogens (tertiary/aromatic N) is 4. The number of likely N-dealkylation sites (tertiary alicyclic amines) is 1. The van der Waals surface area contributed by atoms with Crippen LogP contribution in [0.3, 0.4) is 0 Å². The third-order valence-corrected chi connectivity index (χ3v) is 9.68. The molecule has 5 aromatic rings. The van der Waals surface area contributed by atoms with Crippen LogP contribution < -0.4 is 20.7 Å². The number of carbonyl (C=O) groups is 3. The standard InChI is InChI=1S/C41H44N8O5.2ClH/c1-26(42)47-21-19-33(20-22-47)54-32-16-14-31(15-17-32)48(39(51)27-9-11-28(12-10-27)40(52)53)24-36-45-34-23-29(38(43)44)13-18-35(34)49(36)25-37(50)46-41(2,3)30-7-5-4-6-8-30;;/h4-18,23,33,42H,19-22,24-25H2,1-3H3,(H3,43,44)(H,46,50)(H,52,53);2*1H. The average Bonchev–Trinajstić information content (AvgIpc) is 3.49. The summed E-state index contributed by atoms with van der Waals surface area (Å²) >= 11 is 0. The summed E-state index contributed by atoms with van der Waals surface area (Å²) in [6, 6.07) is 27.7. The van der Waals surface area contributed by atoms with Gasteiger partial charge >= 0.3 is 5.97 Å². The van der Waals surface area contributed by atoms with E-state index in [0.717, 1.165) is 31.5 Å². The van der Waals surface area contributed by atoms with Crippen LogP contribution in [-0.2, 0) is 23.4 Å². The van der Waals surface area contributed by atoms with E-state index in [1.165, 1.54) is 29.2 Å². The Labute approximate surface area is 337 Å². The van der Waals surface area contributed by atoms with Crippen LogP contribution in [0.2, 0.25) is 0 Å². The van der Waals surface area contributed by atoms with Crippen LogP contribution in [0, 0.1) is 10.8 Å². The molecular formula is C41H46Cl2N8O5. The quantitative estimate of drug-likeness (QED) is 0.0689. The number of hydrogen-bond donors (Lipinski definition) is 5. The fourth-order valence-electron chi connectivity index (χ4n) is 6.64. The van der Waals surface area contributed by atoms with Crippen molar-refractivity contribution in [3.05, 3.63) is 125 Å². The molecule has 294 valence electrons. The molecule has 6 rings (SSSR count). The number of piperidine rings is 1. The number of nitrogen functional groups attached to an aromatic ring is 1. The normalized spacial score (nSPS) is 12.9. The predicted octanol–water partition coefficient (Wildman–Crippen LogP) is 6.60. The van der Waals surface area contributed by atoms with Crippen molar-refractivity contribution in [2.24, 2.45) is 5.73 Å². The van der Waals surface area contributed by atoms with E-state index in [9.17, 15) is 19.5 Å². The highest BCUT2D eigenvalue weighted by atomic mass is 35.5. The molecule has 2 heterocycles. The van der Waals surface area contributed by atoms with Crippen molar-refractivity contribution < 1.29 is 24.2 Å². The average molecular weight is 802 g/mol. The molecule has 0 radical (unpaired) electrons. The van der Waals surface area contributed by atoms with Crippen molar-refractivity contribution in [3.8, 4) is 5.75 Å². The molecule has 15 heteroatoms. The van der Waals surface area contributed by atoms with Crippen molar-refractivity contribution in [2.75, 3.05) is 18.0 Å². The number of amides is 2. The zero-order valence-electron chi connectivity index (χ0n) is 31.3. The Morgan fingerprint density at radius 1 is 0.911 bits per heavy atom. The molecule has 56 heavy (non-hydrogen) atoms. The Morgan fingerprint density at radius 3 is 2.11 bits per heavy atom. The van der Waals surface area contributed by atoms with Crippen LogP contribution in [0.4, 0.5) is 5.69 Å². The number of amidine groups is 2. The largest absolute Gasteiger partial charge is 0.490 e. The molecule has 0 bridgehead atoms. The maximum Gasteiger partial charge on any atom is 0.335 e. The topological polar surface area (TPSA) is 191 Å². The molecule has 0 aliphatic carbocycles. The summed E-state index contributed by atoms with van der Waals surface area (Å²) in [5.74, 6) is -0.323. The number of rotatable bonds is 12. The number of anilines is 1. The van der Waals surface area contributed by atoms with Crippen LogP contribution in [0.25, 0.3) is 11.0 Å². The van der Waals surface area contributed by atoms with Crippen molar-refractivity contribution in [2.45, 2.75) is 58.3 Å². The van der Waals surface area contributed by atoms with Gasteiger partial charge in [-0.25, -0.2) is 9.78 Å². The number of aromatic carboxylic acids is 1. The second kappa shape index (κ2) is 18.1. The number of halogens is 2. The summed E-state index contributed by atoms with van der Waals surface area (Å²) in [7, 11) is 0. The van der Waals surface area contributed by atoms with Gasteiger partial charge in [0.1, 0.15) is 30.1 Å². The molecule has 1 aromatic heterocycles. The SMILES string of the molecule is CC(=N)N1CCC(Oc2ccc(N(Cc3nc4cc(C(=N)N)ccc4n3CC(=O)NC(C)(C)c3ccccc3)C(=O)c3ccc(C(=O)O)cc3)cc2)CC1.Cl.Cl. The van der Waals surface area contributed by atoms with Gasteiger partial charge in [-0.3, -0.25) is 20.4 Å². The van der Waals surface area contributed by atoms with Gasteiger partial charge < -0.3 is 35.3 Å². The highest BCUT2D eigenvalue weighted by molar-refractivity contribution is 6.06. The molecule has 1 saturated heterocycles. The second-order valence-corrected chi connectivity index (χ2v) is 13.9. The molecule has 0 spiro atoms. The summed E-state index contributed by atoms with van der Waals surface area (Å²) in [5.41, 5.74) is 8.49. The van der Waals surface area contributed by atoms with Crippen LogP contribution in [0.5, 0.6) is 5.75 Å². The minimum Gasteiger partial charge on any atom is -0.490 e. The zero-order valence-corrected chi connectivity index (χ0v) is 33.0. The van der Waals surface area contributed by atoms with Gasteiger partial charge in [-0.05, 0) is 93.1 Å². The molecular weight excluding hydrogens is 755 g/mol. The van der Waals surface area contributed by atoms with Crippen molar-refractivity contribution in [1.29, 1.82) is 10.8 Å². The Bertz CT molecular complexity index is 2200. The van der Waals surface area contributed by atoms with Crippen LogP contribution in [0.15, 0.2) is 97.1 Å². The lowest BCUT2D eigenvalue weighted by molar-refractivity contribution is -0.123. The first-order valence-electron chi connectivity index (χ1n) is 17.7. The molecule has 2 amide bonds. The Hall–Kier alpha value is -5.92. The third kappa shape index (κ3) is 9.84. The van der Waals surface area contributed by atoms with Crippen molar-refractivity contribution in [1.82, 2.24) is 19.8 Å². The number of hydrogen-bond acceptors (Lipinski definition) is 7. The Kier molecular flexibility index (Phi) is 13.9. The van der Waals surface area contributed by atoms with Gasteiger partial charge in [0.15, 0.2) is 0 Å². The summed E-state index contributed by atoms with van der Waals surface area (Å²) in [6.45, 7) is 6.97. The first-order valence-corrected chi connectivity index (χ1v) is 17.7. The smallest absolute Gasteiger partial charge is 0.335 e. The lowest BCUT2D eigenvalue weighted by atomic mass is 9.94. The van der Waals surface area contributed by atoms with E-state index in [-0.39, 0.29) is 66.9 Å². The number of benzene rings is 4. The number of imidazole rings is 1. The van der Waals surface area contributed by atoms with Gasteiger partial charge in [-0.1, -0.05) is 30.3 Å². The van der Waals surface area contributed by atoms with Crippen molar-refractivity contribution >= 4 is 71.0 Å². The van der Waals surface area contributed by atoms with E-state index in [2.05, 4.69) is 5.32 Å². The van der Waals surface area contributed by atoms with Gasteiger partial charge in [0, 0.05) is 42.7 Å². The van der Waals surface area contributed by atoms with E-state index in [1.807, 2.05) is 49.1 Å². The van der Waals surface area contributed by atoms with Gasteiger partial charge in [0.25, 0.3) is 5.91 Å². The van der Waals surface area contributed by atoms with E-state index in [4.69, 9.17) is 26.3 Å². The number of nitrogens with one attached hydrogen (secondary N) is 3. The Morgan fingerprint density at radius 2 is 1.52 bits per heavy atom. The lowest BCUT2D eigenvalue weighted by Gasteiger charge is -2.33. The molecule has 4 aromatic carbocycles. The van der Waals surface area contributed by atoms with E-state index in [0.29, 0.717) is 39.7 Å². The lowest BCUT2D eigenvalue weighted by Crippen LogP contribution is -2.43. The molecule has 1 fully saturated rings. The number of carboxylic acids is 1. The summed E-state index contributed by atoms with van der Waals surface area (Å²) in [5, 5.41) is 28.5. The minimum atomic E-state index is -1.10. The molecule has 6 N–H and O–H groups in total. The van der Waals surface area contributed by atoms with Gasteiger partial charge in [0.05, 0.1) is 34.5 Å². The summed E-state index contributed by atoms with van der Waals surface area (Å²) < 4.78 is 8.03. The molecule has 0 atom stereocenters. The second-order valence-electron chi connectivity index (χ2n) is 13.9. The van der Waals surface area contributed by atoms with Crippen LogP contribution in [-0.4, -0.2) is 68.2 Å². The van der Waals surface area contributed by atoms with Crippen LogP contribution in [0.1, 0.15) is 71.3 Å². The summed E-state index contributed by atoms with van der Waals surface area (Å²) in [6.07, 6.45) is 1.56. The number of aromatic nitrogens is 2. The molecule has 0 unspecified atom stereocenters. The highest BCUT2D eigenvalue weighted by Gasteiger charge is 2.27. The van der Waals surface area contributed by atoms with E-state index < -0.39 is 17.4 Å². The number of ether oxygens (including phenoxy) is 1. The first kappa shape index (κ1) is 42.8. The monoisotopic (exact) mass is 800 g/mol. The van der Waals surface area contributed by atoms with Gasteiger partial charge in [-0.2, -0.15) is 0 Å². The summed E-state index contributed by atoms with van der Waals surface area (Å²) in [4.78, 5) is 48.1. The van der Waals surface area contributed by atoms with Crippen molar-refractivity contribution in [3.63, 3.8) is 0 Å². The third-order valence-electron chi connectivity index (χ3n) is 9.68. The Balaban J connectivity index is 0.00000348. The zero-order chi connectivity index (χ0) is 38.6. The fraction of sp³-hybridized carbons (Fsp3) is 0.268. The number of nitrogens with two attached hydrogens (primary N) is 1. The highest BCUT2D eigenvalue weighted by Crippen LogP contribution is 2.28. The van der Waals surface area contributed by atoms with E-state index >= 15 is 0 Å². The van der Waals surface area contributed by atoms with Gasteiger partial charge in [0.2, 0.25) is 5.91 Å². The molecule has 0 saturated carbocycles. The number of carboxylic acid groups (broad SMARTS) is 1. The number of fused-ring (bicyclic) bond motifs is 1. The molecule has 13 nitrogen and oxygen atoms in total. The minimum absolute atomic E-state index is 0. The maximum absolute atomic E-state index is 14.3. The van der Waals surface area contributed by atoms with Crippen LogP contribution >= 0.6 is 24.8 Å². The fourth-order valence-corrected chi connectivity index (χ4v) is 6.64. The first-order chi connectivity index (χ1) is 25.8. The van der Waals surface area contributed by atoms with E-state index in [1.54, 1.807) is 54.0 Å². The molecule has 1 aliphatic rings. The maximum atomic E-state index is 14.3.